The van der Waals surface area contributed by atoms with Crippen LogP contribution in [0.25, 0.3) is 22.4 Å². The van der Waals surface area contributed by atoms with Crippen molar-refractivity contribution in [2.75, 3.05) is 0 Å². The Morgan fingerprint density at radius 1 is 0.875 bits per heavy atom. The first kappa shape index (κ1) is 15.6. The minimum Gasteiger partial charge on any atom is -0.406 e. The van der Waals surface area contributed by atoms with E-state index in [0.717, 1.165) is 11.1 Å². The Morgan fingerprint density at radius 2 is 1.42 bits per heavy atom. The van der Waals surface area contributed by atoms with Crippen LogP contribution in [-0.4, -0.2) is 21.8 Å². The topological polar surface area (TPSA) is 74.6 Å². The van der Waals surface area contributed by atoms with Crippen LogP contribution in [0.2, 0.25) is 0 Å². The number of rotatable bonds is 3. The number of nitriles is 1. The van der Waals surface area contributed by atoms with Crippen molar-refractivity contribution >= 4 is 0 Å². The molecule has 0 saturated carbocycles. The van der Waals surface area contributed by atoms with E-state index in [0.29, 0.717) is 11.3 Å². The molecule has 0 aliphatic heterocycles. The van der Waals surface area contributed by atoms with E-state index >= 15 is 0 Å². The highest BCUT2D eigenvalue weighted by Gasteiger charge is 2.30. The van der Waals surface area contributed by atoms with Crippen LogP contribution in [0.15, 0.2) is 48.5 Å². The quantitative estimate of drug-likeness (QED) is 0.790. The lowest BCUT2D eigenvalue weighted by atomic mass is 10.0. The van der Waals surface area contributed by atoms with Crippen LogP contribution in [0, 0.1) is 11.3 Å². The molecular weight excluding hydrogens is 321 g/mol. The fraction of sp³-hybridized carbons (Fsp3) is 0.0625. The van der Waals surface area contributed by atoms with Gasteiger partial charge in [0, 0.05) is 5.56 Å². The van der Waals surface area contributed by atoms with Gasteiger partial charge in [-0.3, -0.25) is 0 Å². The second kappa shape index (κ2) is 6.04. The van der Waals surface area contributed by atoms with Crippen molar-refractivity contribution in [3.8, 4) is 34.2 Å². The van der Waals surface area contributed by atoms with E-state index < -0.39 is 6.36 Å². The first-order valence-electron chi connectivity index (χ1n) is 6.74. The molecule has 5 nitrogen and oxygen atoms in total. The summed E-state index contributed by atoms with van der Waals surface area (Å²) < 4.78 is 40.3. The van der Waals surface area contributed by atoms with Crippen molar-refractivity contribution in [2.24, 2.45) is 0 Å². The van der Waals surface area contributed by atoms with Crippen molar-refractivity contribution in [3.05, 3.63) is 54.2 Å². The smallest absolute Gasteiger partial charge is 0.406 e. The van der Waals surface area contributed by atoms with Crippen molar-refractivity contribution in [2.45, 2.75) is 6.36 Å². The Morgan fingerprint density at radius 3 is 1.96 bits per heavy atom. The Balaban J connectivity index is 1.82. The lowest BCUT2D eigenvalue weighted by molar-refractivity contribution is -0.274. The number of alkyl halides is 3. The molecule has 1 heterocycles. The molecule has 1 N–H and O–H groups in total. The number of aromatic amines is 1. The van der Waals surface area contributed by atoms with Crippen LogP contribution in [0.4, 0.5) is 13.2 Å². The molecule has 0 aliphatic carbocycles. The van der Waals surface area contributed by atoms with E-state index in [1.165, 1.54) is 24.3 Å². The average molecular weight is 330 g/mol. The first-order valence-corrected chi connectivity index (χ1v) is 6.74. The molecule has 0 bridgehead atoms. The lowest BCUT2D eigenvalue weighted by Crippen LogP contribution is -2.16. The zero-order chi connectivity index (χ0) is 17.2. The molecule has 0 aliphatic rings. The fourth-order valence-corrected chi connectivity index (χ4v) is 2.18. The number of aromatic nitrogens is 3. The van der Waals surface area contributed by atoms with E-state index in [9.17, 15) is 13.2 Å². The number of hydrogen-bond donors (Lipinski definition) is 1. The first-order chi connectivity index (χ1) is 11.5. The highest BCUT2D eigenvalue weighted by Crippen LogP contribution is 2.28. The predicted octanol–water partition coefficient (Wildman–Crippen LogP) is 3.91. The summed E-state index contributed by atoms with van der Waals surface area (Å²) in [5, 5.41) is 19.0. The molecule has 3 aromatic rings. The molecule has 2 aromatic carbocycles. The van der Waals surface area contributed by atoms with Gasteiger partial charge < -0.3 is 4.74 Å². The Kier molecular flexibility index (Phi) is 3.92. The van der Waals surface area contributed by atoms with Gasteiger partial charge in [-0.25, -0.2) is 0 Å². The van der Waals surface area contributed by atoms with Crippen molar-refractivity contribution < 1.29 is 17.9 Å². The summed E-state index contributed by atoms with van der Waals surface area (Å²) in [6.07, 6.45) is -4.71. The van der Waals surface area contributed by atoms with Gasteiger partial charge in [-0.2, -0.15) is 15.6 Å². The molecule has 1 aromatic heterocycles. The molecule has 24 heavy (non-hydrogen) atoms. The standard InChI is InChI=1S/C16H9F3N4O/c17-16(18,19)24-13-7-5-11(6-8-13)10-1-3-12(4-2-10)15-14(9-20)21-23-22-15/h1-8H,(H,21,22,23). The minimum atomic E-state index is -4.71. The molecule has 120 valence electrons. The Bertz CT molecular complexity index is 877. The Labute approximate surface area is 134 Å². The maximum absolute atomic E-state index is 12.1. The van der Waals surface area contributed by atoms with E-state index in [1.54, 1.807) is 24.3 Å². The maximum Gasteiger partial charge on any atom is 0.573 e. The zero-order valence-corrected chi connectivity index (χ0v) is 12.0. The largest absolute Gasteiger partial charge is 0.573 e. The Hall–Kier alpha value is -3.34. The van der Waals surface area contributed by atoms with Gasteiger partial charge in [0.1, 0.15) is 17.5 Å². The monoisotopic (exact) mass is 330 g/mol. The number of nitrogens with one attached hydrogen (secondary N) is 1. The van der Waals surface area contributed by atoms with Gasteiger partial charge in [-0.05, 0) is 23.3 Å². The zero-order valence-electron chi connectivity index (χ0n) is 12.0. The van der Waals surface area contributed by atoms with Gasteiger partial charge in [0.15, 0.2) is 5.69 Å². The van der Waals surface area contributed by atoms with Crippen molar-refractivity contribution in [3.63, 3.8) is 0 Å². The van der Waals surface area contributed by atoms with Gasteiger partial charge in [0.05, 0.1) is 0 Å². The fourth-order valence-electron chi connectivity index (χ4n) is 2.18. The van der Waals surface area contributed by atoms with Gasteiger partial charge >= 0.3 is 6.36 Å². The van der Waals surface area contributed by atoms with Crippen LogP contribution >= 0.6 is 0 Å². The molecule has 0 spiro atoms. The maximum atomic E-state index is 12.1. The van der Waals surface area contributed by atoms with E-state index in [-0.39, 0.29) is 11.4 Å². The SMILES string of the molecule is N#Cc1n[nH]nc1-c1ccc(-c2ccc(OC(F)(F)F)cc2)cc1. The number of benzene rings is 2. The lowest BCUT2D eigenvalue weighted by Gasteiger charge is -2.09. The summed E-state index contributed by atoms with van der Waals surface area (Å²) in [6.45, 7) is 0. The third kappa shape index (κ3) is 3.35. The van der Waals surface area contributed by atoms with Gasteiger partial charge in [-0.1, -0.05) is 36.4 Å². The minimum absolute atomic E-state index is 0.191. The van der Waals surface area contributed by atoms with Crippen molar-refractivity contribution in [1.29, 1.82) is 5.26 Å². The molecule has 0 amide bonds. The van der Waals surface area contributed by atoms with Gasteiger partial charge in [0.25, 0.3) is 0 Å². The molecule has 0 radical (unpaired) electrons. The molecule has 8 heteroatoms. The summed E-state index contributed by atoms with van der Waals surface area (Å²) in [5.41, 5.74) is 2.88. The highest BCUT2D eigenvalue weighted by atomic mass is 19.4. The summed E-state index contributed by atoms with van der Waals surface area (Å²) in [7, 11) is 0. The van der Waals surface area contributed by atoms with Crippen LogP contribution in [-0.2, 0) is 0 Å². The average Bonchev–Trinajstić information content (AvgIpc) is 3.03. The summed E-state index contributed by atoms with van der Waals surface area (Å²) in [4.78, 5) is 0. The van der Waals surface area contributed by atoms with Crippen LogP contribution in [0.3, 0.4) is 0 Å². The van der Waals surface area contributed by atoms with E-state index in [1.807, 2.05) is 6.07 Å². The number of hydrogen-bond acceptors (Lipinski definition) is 4. The number of ether oxygens (including phenoxy) is 1. The van der Waals surface area contributed by atoms with Crippen LogP contribution in [0.1, 0.15) is 5.69 Å². The summed E-state index contributed by atoms with van der Waals surface area (Å²) >= 11 is 0. The molecule has 3 rings (SSSR count). The summed E-state index contributed by atoms with van der Waals surface area (Å²) in [6, 6.07) is 14.6. The van der Waals surface area contributed by atoms with Gasteiger partial charge in [-0.15, -0.1) is 18.3 Å². The number of nitrogens with zero attached hydrogens (tertiary/aromatic N) is 3. The predicted molar refractivity (Wildman–Crippen MR) is 78.7 cm³/mol. The van der Waals surface area contributed by atoms with E-state index in [2.05, 4.69) is 20.1 Å². The molecule has 0 saturated heterocycles. The molecule has 0 atom stereocenters. The molecule has 0 fully saturated rings. The second-order valence-corrected chi connectivity index (χ2v) is 4.78. The molecule has 0 unspecified atom stereocenters. The van der Waals surface area contributed by atoms with Crippen LogP contribution in [0.5, 0.6) is 5.75 Å². The van der Waals surface area contributed by atoms with Crippen LogP contribution < -0.4 is 4.74 Å². The third-order valence-corrected chi connectivity index (χ3v) is 3.23. The van der Waals surface area contributed by atoms with E-state index in [4.69, 9.17) is 5.26 Å². The third-order valence-electron chi connectivity index (χ3n) is 3.23. The normalized spacial score (nSPS) is 11.1. The van der Waals surface area contributed by atoms with Crippen molar-refractivity contribution in [1.82, 2.24) is 15.4 Å². The number of H-pyrrole nitrogens is 1. The number of halogens is 3. The summed E-state index contributed by atoms with van der Waals surface area (Å²) in [5.74, 6) is -0.274. The highest BCUT2D eigenvalue weighted by molar-refractivity contribution is 5.70. The second-order valence-electron chi connectivity index (χ2n) is 4.78. The van der Waals surface area contributed by atoms with Gasteiger partial charge in [0.2, 0.25) is 0 Å². The molecular formula is C16H9F3N4O.